The van der Waals surface area contributed by atoms with Gasteiger partial charge in [0, 0.05) is 30.7 Å². The Bertz CT molecular complexity index is 317. The van der Waals surface area contributed by atoms with Crippen LogP contribution in [0.15, 0.2) is 0 Å². The van der Waals surface area contributed by atoms with Gasteiger partial charge in [0.05, 0.1) is 5.97 Å². The summed E-state index contributed by atoms with van der Waals surface area (Å²) in [5.41, 5.74) is -2.97. The molecule has 13 heteroatoms. The van der Waals surface area contributed by atoms with Gasteiger partial charge >= 0.3 is 184 Å². The monoisotopic (exact) mass is 388 g/mol. The summed E-state index contributed by atoms with van der Waals surface area (Å²) in [5, 5.41) is 47.8. The van der Waals surface area contributed by atoms with Crippen molar-refractivity contribution in [3.05, 3.63) is 0 Å². The first-order valence-electron chi connectivity index (χ1n) is 4.02. The molecular weight excluding hydrogens is 380 g/mol. The predicted molar refractivity (Wildman–Crippen MR) is 39.9 cm³/mol. The van der Waals surface area contributed by atoms with Crippen molar-refractivity contribution in [2.75, 3.05) is 0 Å². The van der Waals surface area contributed by atoms with Gasteiger partial charge in [-0.1, -0.05) is 0 Å². The SMILES string of the molecule is CC(=O)[O-].O=C([O-])CC(O)(CC(=O)[O-])C(=O)[O-].[K+].[K+].[K+].[Na+]. The number of hydrogen-bond donors (Lipinski definition) is 1. The van der Waals surface area contributed by atoms with Crippen LogP contribution in [0.1, 0.15) is 19.8 Å². The Kier molecular flexibility index (Phi) is 41.2. The summed E-state index contributed by atoms with van der Waals surface area (Å²) in [6, 6.07) is 0. The van der Waals surface area contributed by atoms with Gasteiger partial charge in [0.15, 0.2) is 0 Å². The molecule has 0 bridgehead atoms. The van der Waals surface area contributed by atoms with Gasteiger partial charge < -0.3 is 44.7 Å². The van der Waals surface area contributed by atoms with E-state index in [4.69, 9.17) is 15.0 Å². The fourth-order valence-corrected chi connectivity index (χ4v) is 0.684. The molecule has 0 amide bonds. The molecule has 0 spiro atoms. The fourth-order valence-electron chi connectivity index (χ4n) is 0.684. The smallest absolute Gasteiger partial charge is 0.550 e. The second-order valence-corrected chi connectivity index (χ2v) is 2.91. The van der Waals surface area contributed by atoms with Crippen molar-refractivity contribution in [3.8, 4) is 0 Å². The Balaban J connectivity index is -0.0000000629. The van der Waals surface area contributed by atoms with Gasteiger partial charge in [-0.25, -0.2) is 0 Å². The van der Waals surface area contributed by atoms with Crippen molar-refractivity contribution < 1.29 is 228 Å². The summed E-state index contributed by atoms with van der Waals surface area (Å²) in [4.78, 5) is 38.9. The van der Waals surface area contributed by atoms with E-state index in [1.165, 1.54) is 0 Å². The Hall–Kier alpha value is 3.75. The van der Waals surface area contributed by atoms with Gasteiger partial charge in [-0.15, -0.1) is 0 Å². The standard InChI is InChI=1S/C6H8O7.C2H4O2.3K.Na/c7-3(8)1-6(13,5(11)12)2-4(9)10;1-2(3)4;;;;/h13H,1-2H2,(H,7,8)(H,9,10)(H,11,12);1H3,(H,3,4);;;;/q;;4*+1/p-4. The number of hydrogen-bond acceptors (Lipinski definition) is 9. The second kappa shape index (κ2) is 21.8. The van der Waals surface area contributed by atoms with E-state index in [0.29, 0.717) is 0 Å². The number of carboxylic acid groups (broad SMARTS) is 4. The molecule has 0 aliphatic heterocycles. The van der Waals surface area contributed by atoms with Crippen molar-refractivity contribution >= 4 is 23.9 Å². The van der Waals surface area contributed by atoms with E-state index in [1.54, 1.807) is 0 Å². The van der Waals surface area contributed by atoms with E-state index in [2.05, 4.69) is 0 Å². The van der Waals surface area contributed by atoms with Crippen molar-refractivity contribution in [1.29, 1.82) is 0 Å². The average molecular weight is 388 g/mol. The minimum Gasteiger partial charge on any atom is -0.550 e. The van der Waals surface area contributed by atoms with Crippen molar-refractivity contribution in [2.45, 2.75) is 25.4 Å². The molecule has 0 heterocycles. The Morgan fingerprint density at radius 3 is 1.14 bits per heavy atom. The van der Waals surface area contributed by atoms with Crippen molar-refractivity contribution in [2.24, 2.45) is 0 Å². The second-order valence-electron chi connectivity index (χ2n) is 2.91. The minimum atomic E-state index is -2.97. The van der Waals surface area contributed by atoms with Crippen LogP contribution in [0.3, 0.4) is 0 Å². The van der Waals surface area contributed by atoms with Crippen molar-refractivity contribution in [3.63, 3.8) is 0 Å². The molecule has 0 unspecified atom stereocenters. The summed E-state index contributed by atoms with van der Waals surface area (Å²) >= 11 is 0. The zero-order valence-corrected chi connectivity index (χ0v) is 24.0. The van der Waals surface area contributed by atoms with E-state index in [1.807, 2.05) is 0 Å². The number of aliphatic hydroxyl groups is 1. The molecule has 0 aromatic carbocycles. The largest absolute Gasteiger partial charge is 1.00 e. The van der Waals surface area contributed by atoms with E-state index < -0.39 is 42.3 Å². The van der Waals surface area contributed by atoms with Gasteiger partial charge in [-0.2, -0.15) is 0 Å². The third kappa shape index (κ3) is 28.8. The first-order chi connectivity index (χ1) is 7.51. The van der Waals surface area contributed by atoms with Crippen LogP contribution in [0.4, 0.5) is 0 Å². The maximum Gasteiger partial charge on any atom is 1.00 e. The quantitative estimate of drug-likeness (QED) is 0.447. The first-order valence-corrected chi connectivity index (χ1v) is 4.02. The third-order valence-corrected chi connectivity index (χ3v) is 1.25. The Morgan fingerprint density at radius 2 is 1.05 bits per heavy atom. The molecule has 9 nitrogen and oxygen atoms in total. The zero-order chi connectivity index (χ0) is 14.2. The third-order valence-electron chi connectivity index (χ3n) is 1.25. The Morgan fingerprint density at radius 1 is 0.857 bits per heavy atom. The topological polar surface area (TPSA) is 181 Å². The van der Waals surface area contributed by atoms with Crippen LogP contribution >= 0.6 is 0 Å². The predicted octanol–water partition coefficient (Wildman–Crippen LogP) is -18.5. The molecule has 0 aromatic heterocycles. The van der Waals surface area contributed by atoms with Gasteiger partial charge in [0.25, 0.3) is 0 Å². The van der Waals surface area contributed by atoms with Crippen LogP contribution in [0.5, 0.6) is 0 Å². The molecule has 0 fully saturated rings. The molecule has 0 aliphatic carbocycles. The number of carboxylic acids is 4. The molecule has 0 radical (unpaired) electrons. The summed E-state index contributed by atoms with van der Waals surface area (Å²) < 4.78 is 0. The zero-order valence-electron chi connectivity index (χ0n) is 12.6. The van der Waals surface area contributed by atoms with E-state index in [9.17, 15) is 29.7 Å². The van der Waals surface area contributed by atoms with E-state index in [0.717, 1.165) is 6.92 Å². The maximum absolute atomic E-state index is 10.1. The molecular formula is C8H8K3NaO9. The summed E-state index contributed by atoms with van der Waals surface area (Å²) in [7, 11) is 0. The van der Waals surface area contributed by atoms with Gasteiger partial charge in [-0.05, 0) is 6.92 Å². The molecule has 0 saturated heterocycles. The van der Waals surface area contributed by atoms with Crippen molar-refractivity contribution in [1.82, 2.24) is 0 Å². The fraction of sp³-hybridized carbons (Fsp3) is 0.500. The normalized spacial score (nSPS) is 7.90. The van der Waals surface area contributed by atoms with Gasteiger partial charge in [0.2, 0.25) is 0 Å². The van der Waals surface area contributed by atoms with Gasteiger partial charge in [-0.3, -0.25) is 0 Å². The number of aliphatic carboxylic acids is 4. The summed E-state index contributed by atoms with van der Waals surface area (Å²) in [6.45, 7) is 0.972. The molecule has 0 aliphatic rings. The molecule has 0 saturated carbocycles. The average Bonchev–Trinajstić information content (AvgIpc) is 1.98. The van der Waals surface area contributed by atoms with Gasteiger partial charge in [0.1, 0.15) is 5.60 Å². The number of carbonyl (C=O) groups excluding carboxylic acids is 4. The number of rotatable bonds is 5. The molecule has 1 N–H and O–H groups in total. The molecule has 21 heavy (non-hydrogen) atoms. The van der Waals surface area contributed by atoms with E-state index in [-0.39, 0.29) is 184 Å². The molecule has 0 rings (SSSR count). The van der Waals surface area contributed by atoms with Crippen LogP contribution in [0, 0.1) is 0 Å². The summed E-state index contributed by atoms with van der Waals surface area (Å²) in [6.07, 6.45) is -2.72. The number of carbonyl (C=O) groups is 4. The van der Waals surface area contributed by atoms with Crippen LogP contribution in [-0.4, -0.2) is 34.6 Å². The minimum absolute atomic E-state index is 0. The molecule has 0 atom stereocenters. The van der Waals surface area contributed by atoms with Crippen LogP contribution < -0.4 is 204 Å². The summed E-state index contributed by atoms with van der Waals surface area (Å²) in [5.74, 6) is -7.07. The van der Waals surface area contributed by atoms with Crippen LogP contribution in [-0.2, 0) is 19.2 Å². The molecule has 98 valence electrons. The molecule has 0 aromatic rings. The van der Waals surface area contributed by atoms with Crippen LogP contribution in [0.2, 0.25) is 0 Å². The Labute approximate surface area is 270 Å². The first kappa shape index (κ1) is 39.7. The maximum atomic E-state index is 10.1. The van der Waals surface area contributed by atoms with E-state index >= 15 is 0 Å². The van der Waals surface area contributed by atoms with Crippen LogP contribution in [0.25, 0.3) is 0 Å².